The Morgan fingerprint density at radius 2 is 1.87 bits per heavy atom. The largest absolute Gasteiger partial charge is 0.495 e. The molecule has 0 aliphatic carbocycles. The topological polar surface area (TPSA) is 41.5 Å². The number of aliphatic hydroxyl groups is 1. The van der Waals surface area contributed by atoms with Crippen LogP contribution in [0, 0.1) is 5.41 Å². The first-order valence-electron chi connectivity index (χ1n) is 5.03. The van der Waals surface area contributed by atoms with Crippen LogP contribution in [0.25, 0.3) is 0 Å². The summed E-state index contributed by atoms with van der Waals surface area (Å²) in [5.41, 5.74) is 0.600. The Morgan fingerprint density at radius 3 is 2.40 bits per heavy atom. The number of ether oxygens (including phenoxy) is 1. The second-order valence-corrected chi connectivity index (χ2v) is 4.61. The molecule has 0 aliphatic rings. The van der Waals surface area contributed by atoms with E-state index >= 15 is 0 Å². The van der Waals surface area contributed by atoms with Gasteiger partial charge in [-0.3, -0.25) is 0 Å². The third kappa shape index (κ3) is 3.13. The Bertz CT molecular complexity index is 318. The molecular formula is C12H19NO2. The highest BCUT2D eigenvalue weighted by Crippen LogP contribution is 2.27. The molecule has 1 atom stereocenters. The van der Waals surface area contributed by atoms with Gasteiger partial charge >= 0.3 is 0 Å². The van der Waals surface area contributed by atoms with Crippen molar-refractivity contribution in [1.29, 1.82) is 0 Å². The lowest BCUT2D eigenvalue weighted by molar-refractivity contribution is 0.0878. The van der Waals surface area contributed by atoms with Crippen LogP contribution < -0.4 is 10.1 Å². The molecule has 1 aromatic carbocycles. The van der Waals surface area contributed by atoms with Crippen LogP contribution >= 0.6 is 0 Å². The molecule has 0 aliphatic heterocycles. The Hall–Kier alpha value is -1.22. The lowest BCUT2D eigenvalue weighted by atomic mass is 9.94. The maximum atomic E-state index is 9.89. The highest BCUT2D eigenvalue weighted by Gasteiger charge is 2.22. The van der Waals surface area contributed by atoms with Gasteiger partial charge in [0, 0.05) is 5.41 Å². The lowest BCUT2D eigenvalue weighted by Crippen LogP contribution is -2.33. The van der Waals surface area contributed by atoms with E-state index in [0.29, 0.717) is 0 Å². The van der Waals surface area contributed by atoms with Crippen molar-refractivity contribution in [2.24, 2.45) is 5.41 Å². The minimum atomic E-state index is -0.603. The molecule has 2 N–H and O–H groups in total. The molecule has 84 valence electrons. The summed E-state index contributed by atoms with van der Waals surface area (Å²) in [7, 11) is 1.62. The summed E-state index contributed by atoms with van der Waals surface area (Å²) in [5, 5.41) is 12.9. The maximum absolute atomic E-state index is 9.89. The number of hydrogen-bond donors (Lipinski definition) is 2. The maximum Gasteiger partial charge on any atom is 0.142 e. The number of para-hydroxylation sites is 2. The molecule has 3 heteroatoms. The van der Waals surface area contributed by atoms with E-state index < -0.39 is 6.23 Å². The van der Waals surface area contributed by atoms with E-state index in [1.54, 1.807) is 7.11 Å². The molecule has 0 saturated carbocycles. The number of aliphatic hydroxyl groups excluding tert-OH is 1. The van der Waals surface area contributed by atoms with Crippen LogP contribution in [0.4, 0.5) is 5.69 Å². The van der Waals surface area contributed by atoms with Gasteiger partial charge in [-0.1, -0.05) is 32.9 Å². The van der Waals surface area contributed by atoms with E-state index in [9.17, 15) is 5.11 Å². The number of nitrogens with one attached hydrogen (secondary N) is 1. The van der Waals surface area contributed by atoms with Gasteiger partial charge in [-0.15, -0.1) is 0 Å². The van der Waals surface area contributed by atoms with E-state index in [2.05, 4.69) is 5.32 Å². The summed E-state index contributed by atoms with van der Waals surface area (Å²) >= 11 is 0. The van der Waals surface area contributed by atoms with Gasteiger partial charge < -0.3 is 15.2 Å². The van der Waals surface area contributed by atoms with Crippen molar-refractivity contribution in [3.8, 4) is 5.75 Å². The van der Waals surface area contributed by atoms with Crippen molar-refractivity contribution in [3.63, 3.8) is 0 Å². The van der Waals surface area contributed by atoms with Crippen molar-refractivity contribution >= 4 is 5.69 Å². The van der Waals surface area contributed by atoms with Gasteiger partial charge in [-0.25, -0.2) is 0 Å². The number of rotatable bonds is 3. The quantitative estimate of drug-likeness (QED) is 0.751. The SMILES string of the molecule is COc1ccccc1NC(O)C(C)(C)C. The Labute approximate surface area is 91.1 Å². The molecule has 15 heavy (non-hydrogen) atoms. The van der Waals surface area contributed by atoms with Crippen LogP contribution in [0.15, 0.2) is 24.3 Å². The van der Waals surface area contributed by atoms with Crippen LogP contribution in [0.3, 0.4) is 0 Å². The van der Waals surface area contributed by atoms with E-state index in [1.807, 2.05) is 45.0 Å². The Morgan fingerprint density at radius 1 is 1.27 bits per heavy atom. The first-order chi connectivity index (χ1) is 6.95. The van der Waals surface area contributed by atoms with E-state index in [1.165, 1.54) is 0 Å². The second kappa shape index (κ2) is 4.53. The molecule has 0 radical (unpaired) electrons. The van der Waals surface area contributed by atoms with Crippen LogP contribution in [0.2, 0.25) is 0 Å². The van der Waals surface area contributed by atoms with E-state index in [4.69, 9.17) is 4.74 Å². The van der Waals surface area contributed by atoms with Crippen molar-refractivity contribution in [1.82, 2.24) is 0 Å². The summed E-state index contributed by atoms with van der Waals surface area (Å²) in [6.45, 7) is 5.92. The molecule has 0 heterocycles. The highest BCUT2D eigenvalue weighted by atomic mass is 16.5. The van der Waals surface area contributed by atoms with Crippen LogP contribution in [-0.2, 0) is 0 Å². The fourth-order valence-corrected chi connectivity index (χ4v) is 1.13. The summed E-state index contributed by atoms with van der Waals surface area (Å²) in [5.74, 6) is 0.737. The zero-order chi connectivity index (χ0) is 11.5. The van der Waals surface area contributed by atoms with Gasteiger partial charge in [-0.2, -0.15) is 0 Å². The molecule has 1 aromatic rings. The molecule has 0 saturated heterocycles. The van der Waals surface area contributed by atoms with Crippen LogP contribution in [-0.4, -0.2) is 18.4 Å². The average Bonchev–Trinajstić information content (AvgIpc) is 2.17. The zero-order valence-corrected chi connectivity index (χ0v) is 9.74. The number of anilines is 1. The van der Waals surface area contributed by atoms with Crippen molar-refractivity contribution < 1.29 is 9.84 Å². The summed E-state index contributed by atoms with van der Waals surface area (Å²) in [6, 6.07) is 7.54. The number of methoxy groups -OCH3 is 1. The fraction of sp³-hybridized carbons (Fsp3) is 0.500. The lowest BCUT2D eigenvalue weighted by Gasteiger charge is -2.28. The predicted octanol–water partition coefficient (Wildman–Crippen LogP) is 2.47. The van der Waals surface area contributed by atoms with Crippen molar-refractivity contribution in [3.05, 3.63) is 24.3 Å². The number of hydrogen-bond acceptors (Lipinski definition) is 3. The summed E-state index contributed by atoms with van der Waals surface area (Å²) in [6.07, 6.45) is -0.603. The molecule has 1 rings (SSSR count). The smallest absolute Gasteiger partial charge is 0.142 e. The molecule has 3 nitrogen and oxygen atoms in total. The standard InChI is InChI=1S/C12H19NO2/c1-12(2,3)11(14)13-9-7-5-6-8-10(9)15-4/h5-8,11,13-14H,1-4H3. The molecule has 1 unspecified atom stereocenters. The van der Waals surface area contributed by atoms with Crippen molar-refractivity contribution in [2.45, 2.75) is 27.0 Å². The van der Waals surface area contributed by atoms with Gasteiger partial charge in [0.25, 0.3) is 0 Å². The fourth-order valence-electron chi connectivity index (χ4n) is 1.13. The zero-order valence-electron chi connectivity index (χ0n) is 9.74. The molecule has 0 aromatic heterocycles. The molecule has 0 bridgehead atoms. The Balaban J connectivity index is 2.80. The molecule has 0 spiro atoms. The first-order valence-corrected chi connectivity index (χ1v) is 5.03. The molecule has 0 fully saturated rings. The minimum absolute atomic E-state index is 0.207. The molecular weight excluding hydrogens is 190 g/mol. The van der Waals surface area contributed by atoms with Gasteiger partial charge in [0.2, 0.25) is 0 Å². The molecule has 0 amide bonds. The van der Waals surface area contributed by atoms with Gasteiger partial charge in [0.15, 0.2) is 0 Å². The average molecular weight is 209 g/mol. The van der Waals surface area contributed by atoms with Crippen LogP contribution in [0.5, 0.6) is 5.75 Å². The highest BCUT2D eigenvalue weighted by molar-refractivity contribution is 5.56. The van der Waals surface area contributed by atoms with E-state index in [-0.39, 0.29) is 5.41 Å². The normalized spacial score (nSPS) is 13.4. The van der Waals surface area contributed by atoms with Crippen molar-refractivity contribution in [2.75, 3.05) is 12.4 Å². The summed E-state index contributed by atoms with van der Waals surface area (Å²) in [4.78, 5) is 0. The predicted molar refractivity (Wildman–Crippen MR) is 62.1 cm³/mol. The monoisotopic (exact) mass is 209 g/mol. The van der Waals surface area contributed by atoms with E-state index in [0.717, 1.165) is 11.4 Å². The van der Waals surface area contributed by atoms with Gasteiger partial charge in [0.05, 0.1) is 12.8 Å². The number of benzene rings is 1. The van der Waals surface area contributed by atoms with Gasteiger partial charge in [0.1, 0.15) is 12.0 Å². The second-order valence-electron chi connectivity index (χ2n) is 4.61. The van der Waals surface area contributed by atoms with Crippen LogP contribution in [0.1, 0.15) is 20.8 Å². The Kier molecular flexibility index (Phi) is 3.58. The third-order valence-corrected chi connectivity index (χ3v) is 2.22. The third-order valence-electron chi connectivity index (χ3n) is 2.22. The first kappa shape index (κ1) is 11.9. The minimum Gasteiger partial charge on any atom is -0.495 e. The summed E-state index contributed by atoms with van der Waals surface area (Å²) < 4.78 is 5.19. The van der Waals surface area contributed by atoms with Gasteiger partial charge in [-0.05, 0) is 12.1 Å².